The summed E-state index contributed by atoms with van der Waals surface area (Å²) in [7, 11) is 0. The third-order valence-electron chi connectivity index (χ3n) is 3.80. The molecule has 1 aromatic carbocycles. The van der Waals surface area contributed by atoms with Crippen molar-refractivity contribution in [1.29, 1.82) is 0 Å². The molecular formula is C20H28BrF4NO6. The zero-order valence-electron chi connectivity index (χ0n) is 17.7. The van der Waals surface area contributed by atoms with Crippen LogP contribution in [0.3, 0.4) is 0 Å². The minimum absolute atomic E-state index is 0. The Morgan fingerprint density at radius 3 is 2.12 bits per heavy atom. The summed E-state index contributed by atoms with van der Waals surface area (Å²) in [5.41, 5.74) is 2.26. The number of carbonyl (C=O) groups excluding carboxylic acids is 2. The van der Waals surface area contributed by atoms with Crippen LogP contribution in [0.5, 0.6) is 0 Å². The van der Waals surface area contributed by atoms with Gasteiger partial charge in [0.05, 0.1) is 6.42 Å². The number of carboxylic acid groups (broad SMARTS) is 1. The van der Waals surface area contributed by atoms with Gasteiger partial charge in [0, 0.05) is 19.3 Å². The van der Waals surface area contributed by atoms with Crippen LogP contribution in [0.25, 0.3) is 0 Å². The van der Waals surface area contributed by atoms with Crippen molar-refractivity contribution in [3.8, 4) is 0 Å². The summed E-state index contributed by atoms with van der Waals surface area (Å²) in [5.74, 6) is -9.40. The first-order valence-corrected chi connectivity index (χ1v) is 9.59. The van der Waals surface area contributed by atoms with Crippen LogP contribution >= 0.6 is 17.0 Å². The quantitative estimate of drug-likeness (QED) is 0.296. The topological polar surface area (TPSA) is 102 Å². The highest BCUT2D eigenvalue weighted by atomic mass is 79.9. The van der Waals surface area contributed by atoms with Gasteiger partial charge in [-0.3, -0.25) is 4.79 Å². The molecule has 0 unspecified atom stereocenters. The van der Waals surface area contributed by atoms with Crippen molar-refractivity contribution < 1.29 is 46.6 Å². The fraction of sp³-hybridized carbons (Fsp3) is 0.550. The van der Waals surface area contributed by atoms with Crippen molar-refractivity contribution in [2.45, 2.75) is 70.8 Å². The molecule has 1 rings (SSSR count). The van der Waals surface area contributed by atoms with E-state index in [1.807, 2.05) is 0 Å². The van der Waals surface area contributed by atoms with E-state index in [0.717, 1.165) is 0 Å². The van der Waals surface area contributed by atoms with Crippen molar-refractivity contribution in [3.05, 3.63) is 35.9 Å². The van der Waals surface area contributed by atoms with Crippen LogP contribution in [-0.4, -0.2) is 35.0 Å². The molecule has 0 atom stereocenters. The Hall–Kier alpha value is -2.37. The summed E-state index contributed by atoms with van der Waals surface area (Å²) in [6.07, 6.45) is -2.34. The monoisotopic (exact) mass is 533 g/mol. The number of hydrogen-bond donors (Lipinski definition) is 2. The summed E-state index contributed by atoms with van der Waals surface area (Å²) in [6, 6.07) is 8.75. The molecule has 184 valence electrons. The number of amides is 1. The van der Waals surface area contributed by atoms with E-state index in [9.17, 15) is 31.9 Å². The molecule has 32 heavy (non-hydrogen) atoms. The normalized spacial score (nSPS) is 10.7. The maximum Gasteiger partial charge on any atom is 0.441 e. The van der Waals surface area contributed by atoms with Gasteiger partial charge in [0.25, 0.3) is 0 Å². The molecule has 0 saturated carbocycles. The smallest absolute Gasteiger partial charge is 0.441 e. The van der Waals surface area contributed by atoms with Gasteiger partial charge in [0.2, 0.25) is 5.92 Å². The Morgan fingerprint density at radius 2 is 1.62 bits per heavy atom. The number of carboxylic acids is 1. The molecule has 1 aromatic rings. The lowest BCUT2D eigenvalue weighted by Gasteiger charge is -2.14. The van der Waals surface area contributed by atoms with Gasteiger partial charge in [-0.25, -0.2) is 18.4 Å². The number of halogens is 5. The Labute approximate surface area is 194 Å². The number of hydroxylamine groups is 1. The summed E-state index contributed by atoms with van der Waals surface area (Å²) >= 11 is 0. The van der Waals surface area contributed by atoms with Gasteiger partial charge in [-0.05, 0) is 12.0 Å². The van der Waals surface area contributed by atoms with Crippen LogP contribution in [0.2, 0.25) is 0 Å². The third kappa shape index (κ3) is 15.4. The van der Waals surface area contributed by atoms with Gasteiger partial charge < -0.3 is 14.7 Å². The van der Waals surface area contributed by atoms with Crippen molar-refractivity contribution in [1.82, 2.24) is 5.48 Å². The summed E-state index contributed by atoms with van der Waals surface area (Å²) in [6.45, 7) is 3.00. The highest BCUT2D eigenvalue weighted by Gasteiger charge is 2.40. The van der Waals surface area contributed by atoms with Gasteiger partial charge in [0.15, 0.2) is 0 Å². The highest BCUT2D eigenvalue weighted by molar-refractivity contribution is 8.93. The van der Waals surface area contributed by atoms with Gasteiger partial charge in [-0.2, -0.15) is 8.78 Å². The predicted octanol–water partition coefficient (Wildman–Crippen LogP) is 5.67. The predicted molar refractivity (Wildman–Crippen MR) is 113 cm³/mol. The lowest BCUT2D eigenvalue weighted by Crippen LogP contribution is -2.37. The lowest BCUT2D eigenvalue weighted by atomic mass is 10.1. The van der Waals surface area contributed by atoms with E-state index in [1.54, 1.807) is 42.7 Å². The lowest BCUT2D eigenvalue weighted by molar-refractivity contribution is -0.179. The standard InChI is InChI=1S/C14H17F2NO4.C6H10F2O2.BrH/c1-2-3-9-14(15,16)12(18)21-17-13(19)20-10-11-7-5-4-6-8-11;1-2-6(7,8)4-3-5(9)10;/h4-8H,2-3,9-10H2,1H3,(H,17,19);2-4H2,1H3,(H,9,10);1H. The third-order valence-corrected chi connectivity index (χ3v) is 3.80. The minimum atomic E-state index is -3.62. The number of aliphatic carboxylic acids is 1. The number of rotatable bonds is 10. The Morgan fingerprint density at radius 1 is 1.03 bits per heavy atom. The van der Waals surface area contributed by atoms with Crippen molar-refractivity contribution in [2.24, 2.45) is 0 Å². The molecule has 0 spiro atoms. The Bertz CT molecular complexity index is 692. The summed E-state index contributed by atoms with van der Waals surface area (Å²) in [4.78, 5) is 36.2. The first-order chi connectivity index (χ1) is 14.4. The van der Waals surface area contributed by atoms with Crippen LogP contribution in [0.15, 0.2) is 30.3 Å². The number of benzene rings is 1. The average Bonchev–Trinajstić information content (AvgIpc) is 2.74. The van der Waals surface area contributed by atoms with Crippen molar-refractivity contribution >= 4 is 35.0 Å². The van der Waals surface area contributed by atoms with Crippen molar-refractivity contribution in [3.63, 3.8) is 0 Å². The van der Waals surface area contributed by atoms with Crippen LogP contribution in [0.4, 0.5) is 22.4 Å². The van der Waals surface area contributed by atoms with E-state index in [-0.39, 0.29) is 36.4 Å². The number of unbranched alkanes of at least 4 members (excludes halogenated alkanes) is 1. The van der Waals surface area contributed by atoms with E-state index in [0.29, 0.717) is 12.0 Å². The van der Waals surface area contributed by atoms with Crippen molar-refractivity contribution in [2.75, 3.05) is 0 Å². The summed E-state index contributed by atoms with van der Waals surface area (Å²) < 4.78 is 55.7. The maximum absolute atomic E-state index is 13.2. The van der Waals surface area contributed by atoms with Gasteiger partial charge >= 0.3 is 24.0 Å². The van der Waals surface area contributed by atoms with Gasteiger partial charge in [-0.1, -0.05) is 50.6 Å². The fourth-order valence-electron chi connectivity index (χ4n) is 1.88. The van der Waals surface area contributed by atoms with Crippen LogP contribution < -0.4 is 5.48 Å². The largest absolute Gasteiger partial charge is 0.481 e. The first kappa shape index (κ1) is 31.8. The number of hydrogen-bond acceptors (Lipinski definition) is 5. The number of nitrogens with one attached hydrogen (secondary N) is 1. The zero-order chi connectivity index (χ0) is 23.9. The number of ether oxygens (including phenoxy) is 1. The molecule has 0 fully saturated rings. The van der Waals surface area contributed by atoms with E-state index >= 15 is 0 Å². The van der Waals surface area contributed by atoms with Gasteiger partial charge in [-0.15, -0.1) is 22.5 Å². The molecule has 0 heterocycles. The maximum atomic E-state index is 13.2. The highest BCUT2D eigenvalue weighted by Crippen LogP contribution is 2.23. The molecule has 0 aromatic heterocycles. The molecule has 0 bridgehead atoms. The average molecular weight is 534 g/mol. The first-order valence-electron chi connectivity index (χ1n) is 9.59. The number of alkyl halides is 4. The second-order valence-corrected chi connectivity index (χ2v) is 6.46. The van der Waals surface area contributed by atoms with E-state index < -0.39 is 49.1 Å². The zero-order valence-corrected chi connectivity index (χ0v) is 19.5. The van der Waals surface area contributed by atoms with E-state index in [4.69, 9.17) is 9.84 Å². The van der Waals surface area contributed by atoms with Crippen LogP contribution in [0, 0.1) is 0 Å². The summed E-state index contributed by atoms with van der Waals surface area (Å²) in [5, 5.41) is 8.04. The van der Waals surface area contributed by atoms with Crippen LogP contribution in [0.1, 0.15) is 57.9 Å². The molecule has 7 nitrogen and oxygen atoms in total. The molecule has 0 aliphatic carbocycles. The van der Waals surface area contributed by atoms with E-state index in [2.05, 4.69) is 4.84 Å². The molecule has 0 radical (unpaired) electrons. The molecule has 0 aliphatic heterocycles. The number of carbonyl (C=O) groups is 3. The molecular weight excluding hydrogens is 506 g/mol. The SMILES string of the molecule is Br.CCC(F)(F)CCC(=O)O.CCCCC(F)(F)C(=O)ONC(=O)OCc1ccccc1. The van der Waals surface area contributed by atoms with Crippen LogP contribution in [-0.2, 0) is 25.8 Å². The molecule has 12 heteroatoms. The Kier molecular flexibility index (Phi) is 16.2. The second-order valence-electron chi connectivity index (χ2n) is 6.46. The fourth-order valence-corrected chi connectivity index (χ4v) is 1.88. The molecule has 1 amide bonds. The molecule has 2 N–H and O–H groups in total. The second kappa shape index (κ2) is 16.3. The molecule has 0 saturated heterocycles. The van der Waals surface area contributed by atoms with E-state index in [1.165, 1.54) is 6.92 Å². The Balaban J connectivity index is 0. The molecule has 0 aliphatic rings. The van der Waals surface area contributed by atoms with Gasteiger partial charge in [0.1, 0.15) is 6.61 Å². The minimum Gasteiger partial charge on any atom is -0.481 e.